The average Bonchev–Trinajstić information content (AvgIpc) is 2.50. The van der Waals surface area contributed by atoms with Crippen molar-refractivity contribution in [3.63, 3.8) is 0 Å². The second-order valence-corrected chi connectivity index (χ2v) is 3.67. The van der Waals surface area contributed by atoms with Crippen molar-refractivity contribution in [3.8, 4) is 0 Å². The lowest BCUT2D eigenvalue weighted by atomic mass is 10.3. The molecule has 1 aromatic heterocycles. The van der Waals surface area contributed by atoms with Crippen LogP contribution in [-0.2, 0) is 11.3 Å². The first-order valence-electron chi connectivity index (χ1n) is 5.10. The van der Waals surface area contributed by atoms with Gasteiger partial charge in [-0.3, -0.25) is 9.59 Å². The van der Waals surface area contributed by atoms with E-state index in [-0.39, 0.29) is 6.54 Å². The highest BCUT2D eigenvalue weighted by atomic mass is 16.4. The molecule has 0 aliphatic carbocycles. The minimum atomic E-state index is -0.866. The Labute approximate surface area is 94.1 Å². The number of rotatable bonds is 6. The van der Waals surface area contributed by atoms with Crippen molar-refractivity contribution in [1.82, 2.24) is 9.88 Å². The lowest BCUT2D eigenvalue weighted by Gasteiger charge is -2.09. The van der Waals surface area contributed by atoms with Crippen LogP contribution in [0.15, 0.2) is 6.07 Å². The number of carboxylic acids is 1. The van der Waals surface area contributed by atoms with Gasteiger partial charge in [-0.05, 0) is 19.9 Å². The van der Waals surface area contributed by atoms with Crippen LogP contribution in [-0.4, -0.2) is 35.0 Å². The van der Waals surface area contributed by atoms with Crippen molar-refractivity contribution in [2.24, 2.45) is 0 Å². The lowest BCUT2D eigenvalue weighted by molar-refractivity contribution is -0.135. The summed E-state index contributed by atoms with van der Waals surface area (Å²) in [5.74, 6) is -0.866. The van der Waals surface area contributed by atoms with Gasteiger partial charge in [-0.25, -0.2) is 0 Å². The van der Waals surface area contributed by atoms with Gasteiger partial charge in [-0.2, -0.15) is 0 Å². The number of hydrogen-bond donors (Lipinski definition) is 2. The number of carboxylic acid groups (broad SMARTS) is 1. The summed E-state index contributed by atoms with van der Waals surface area (Å²) in [4.78, 5) is 21.0. The largest absolute Gasteiger partial charge is 0.480 e. The first-order valence-corrected chi connectivity index (χ1v) is 5.10. The Bertz CT molecular complexity index is 396. The summed E-state index contributed by atoms with van der Waals surface area (Å²) in [6, 6.07) is 1.83. The van der Waals surface area contributed by atoms with E-state index in [0.717, 1.165) is 17.7 Å². The van der Waals surface area contributed by atoms with E-state index in [2.05, 4.69) is 5.32 Å². The normalized spacial score (nSPS) is 10.4. The van der Waals surface area contributed by atoms with Crippen LogP contribution in [0.2, 0.25) is 0 Å². The number of nitrogens with zero attached hydrogens (tertiary/aromatic N) is 1. The van der Waals surface area contributed by atoms with E-state index < -0.39 is 5.97 Å². The molecule has 88 valence electrons. The molecule has 0 aromatic carbocycles. The Morgan fingerprint density at radius 1 is 1.56 bits per heavy atom. The maximum absolute atomic E-state index is 10.7. The van der Waals surface area contributed by atoms with Crippen molar-refractivity contribution in [3.05, 3.63) is 23.0 Å². The van der Waals surface area contributed by atoms with E-state index in [1.54, 1.807) is 0 Å². The minimum Gasteiger partial charge on any atom is -0.480 e. The van der Waals surface area contributed by atoms with Crippen LogP contribution in [0.4, 0.5) is 0 Å². The fourth-order valence-electron chi connectivity index (χ4n) is 1.68. The molecule has 0 amide bonds. The fourth-order valence-corrected chi connectivity index (χ4v) is 1.68. The van der Waals surface area contributed by atoms with E-state index in [1.165, 1.54) is 0 Å². The van der Waals surface area contributed by atoms with Gasteiger partial charge in [-0.1, -0.05) is 0 Å². The summed E-state index contributed by atoms with van der Waals surface area (Å²) in [6.45, 7) is 5.00. The second kappa shape index (κ2) is 5.46. The lowest BCUT2D eigenvalue weighted by Crippen LogP contribution is -2.26. The number of aldehydes is 1. The zero-order valence-electron chi connectivity index (χ0n) is 9.49. The van der Waals surface area contributed by atoms with Gasteiger partial charge < -0.3 is 15.0 Å². The first kappa shape index (κ1) is 12.4. The van der Waals surface area contributed by atoms with E-state index >= 15 is 0 Å². The quantitative estimate of drug-likeness (QED) is 0.548. The van der Waals surface area contributed by atoms with Crippen LogP contribution >= 0.6 is 0 Å². The first-order chi connectivity index (χ1) is 7.56. The zero-order valence-corrected chi connectivity index (χ0v) is 9.49. The van der Waals surface area contributed by atoms with Gasteiger partial charge in [0.05, 0.1) is 6.54 Å². The van der Waals surface area contributed by atoms with E-state index in [0.29, 0.717) is 18.7 Å². The molecule has 0 bridgehead atoms. The number of carbonyl (C=O) groups is 2. The predicted octanol–water partition coefficient (Wildman–Crippen LogP) is 0.592. The number of nitrogens with one attached hydrogen (secondary N) is 1. The number of aryl methyl sites for hydroxylation is 1. The number of carbonyl (C=O) groups excluding carboxylic acids is 1. The van der Waals surface area contributed by atoms with Crippen LogP contribution in [0.25, 0.3) is 0 Å². The standard InChI is InChI=1S/C11H16N2O3/c1-8-5-10(7-14)9(2)13(8)4-3-12-6-11(15)16/h5,7,12H,3-4,6H2,1-2H3,(H,15,16). The highest BCUT2D eigenvalue weighted by molar-refractivity contribution is 5.77. The van der Waals surface area contributed by atoms with Crippen LogP contribution < -0.4 is 5.32 Å². The third-order valence-electron chi connectivity index (χ3n) is 2.53. The maximum atomic E-state index is 10.7. The second-order valence-electron chi connectivity index (χ2n) is 3.67. The summed E-state index contributed by atoms with van der Waals surface area (Å²) in [7, 11) is 0. The Hall–Kier alpha value is -1.62. The van der Waals surface area contributed by atoms with Gasteiger partial charge in [-0.15, -0.1) is 0 Å². The number of hydrogen-bond acceptors (Lipinski definition) is 3. The summed E-state index contributed by atoms with van der Waals surface area (Å²) >= 11 is 0. The average molecular weight is 224 g/mol. The molecule has 1 heterocycles. The molecule has 0 fully saturated rings. The SMILES string of the molecule is Cc1cc(C=O)c(C)n1CCNCC(=O)O. The topological polar surface area (TPSA) is 71.3 Å². The fraction of sp³-hybridized carbons (Fsp3) is 0.455. The molecule has 5 heteroatoms. The van der Waals surface area contributed by atoms with E-state index in [1.807, 2.05) is 24.5 Å². The van der Waals surface area contributed by atoms with Gasteiger partial charge in [0.2, 0.25) is 0 Å². The molecular formula is C11H16N2O3. The molecule has 0 atom stereocenters. The molecule has 5 nitrogen and oxygen atoms in total. The minimum absolute atomic E-state index is 0.0418. The summed E-state index contributed by atoms with van der Waals surface area (Å²) < 4.78 is 2.00. The molecule has 0 aliphatic rings. The molecule has 0 spiro atoms. The van der Waals surface area contributed by atoms with Crippen molar-refractivity contribution in [2.45, 2.75) is 20.4 Å². The van der Waals surface area contributed by atoms with Gasteiger partial charge in [0, 0.05) is 30.0 Å². The maximum Gasteiger partial charge on any atom is 0.317 e. The summed E-state index contributed by atoms with van der Waals surface area (Å²) in [6.07, 6.45) is 0.837. The van der Waals surface area contributed by atoms with Crippen molar-refractivity contribution < 1.29 is 14.7 Å². The number of aliphatic carboxylic acids is 1. The molecular weight excluding hydrogens is 208 g/mol. The van der Waals surface area contributed by atoms with Gasteiger partial charge in [0.25, 0.3) is 0 Å². The third-order valence-corrected chi connectivity index (χ3v) is 2.53. The molecule has 0 saturated heterocycles. The van der Waals surface area contributed by atoms with Crippen molar-refractivity contribution in [1.29, 1.82) is 0 Å². The van der Waals surface area contributed by atoms with Crippen molar-refractivity contribution in [2.75, 3.05) is 13.1 Å². The summed E-state index contributed by atoms with van der Waals surface area (Å²) in [5, 5.41) is 11.3. The monoisotopic (exact) mass is 224 g/mol. The Morgan fingerprint density at radius 2 is 2.25 bits per heavy atom. The molecule has 1 rings (SSSR count). The third kappa shape index (κ3) is 2.93. The highest BCUT2D eigenvalue weighted by Crippen LogP contribution is 2.12. The highest BCUT2D eigenvalue weighted by Gasteiger charge is 2.07. The van der Waals surface area contributed by atoms with Crippen LogP contribution in [0.5, 0.6) is 0 Å². The Balaban J connectivity index is 2.56. The molecule has 0 unspecified atom stereocenters. The molecule has 0 saturated carbocycles. The van der Waals surface area contributed by atoms with E-state index in [9.17, 15) is 9.59 Å². The van der Waals surface area contributed by atoms with Gasteiger partial charge in [0.1, 0.15) is 0 Å². The number of aromatic nitrogens is 1. The van der Waals surface area contributed by atoms with Crippen molar-refractivity contribution >= 4 is 12.3 Å². The van der Waals surface area contributed by atoms with E-state index in [4.69, 9.17) is 5.11 Å². The smallest absolute Gasteiger partial charge is 0.317 e. The summed E-state index contributed by atoms with van der Waals surface area (Å²) in [5.41, 5.74) is 2.62. The van der Waals surface area contributed by atoms with Crippen LogP contribution in [0.1, 0.15) is 21.7 Å². The van der Waals surface area contributed by atoms with Crippen LogP contribution in [0, 0.1) is 13.8 Å². The zero-order chi connectivity index (χ0) is 12.1. The van der Waals surface area contributed by atoms with Gasteiger partial charge in [0.15, 0.2) is 6.29 Å². The molecule has 16 heavy (non-hydrogen) atoms. The predicted molar refractivity (Wildman–Crippen MR) is 59.8 cm³/mol. The molecule has 2 N–H and O–H groups in total. The Morgan fingerprint density at radius 3 is 2.75 bits per heavy atom. The molecule has 1 aromatic rings. The van der Waals surface area contributed by atoms with Crippen LogP contribution in [0.3, 0.4) is 0 Å². The van der Waals surface area contributed by atoms with Gasteiger partial charge >= 0.3 is 5.97 Å². The molecule has 0 aliphatic heterocycles. The Kier molecular flexibility index (Phi) is 4.25. The molecule has 0 radical (unpaired) electrons.